The van der Waals surface area contributed by atoms with Crippen LogP contribution in [0, 0.1) is 0 Å². The minimum atomic E-state index is 0.118. The number of benzene rings is 2. The number of aromatic hydroxyl groups is 1. The average Bonchev–Trinajstić information content (AvgIpc) is 2.42. The lowest BCUT2D eigenvalue weighted by molar-refractivity contribution is 0.373. The van der Waals surface area contributed by atoms with Gasteiger partial charge in [-0.3, -0.25) is 0 Å². The molecule has 0 radical (unpaired) electrons. The summed E-state index contributed by atoms with van der Waals surface area (Å²) < 4.78 is 5.06. The van der Waals surface area contributed by atoms with Gasteiger partial charge in [-0.15, -0.1) is 0 Å². The molecule has 0 aliphatic heterocycles. The maximum absolute atomic E-state index is 9.52. The van der Waals surface area contributed by atoms with Gasteiger partial charge in [0.15, 0.2) is 11.5 Å². The molecule has 2 aromatic rings. The van der Waals surface area contributed by atoms with Crippen molar-refractivity contribution >= 4 is 28.9 Å². The third-order valence-electron chi connectivity index (χ3n) is 2.68. The van der Waals surface area contributed by atoms with Crippen molar-refractivity contribution in [3.8, 4) is 11.5 Å². The van der Waals surface area contributed by atoms with Gasteiger partial charge in [-0.05, 0) is 29.8 Å². The Hall–Kier alpha value is -1.58. The fourth-order valence-electron chi connectivity index (χ4n) is 1.67. The zero-order chi connectivity index (χ0) is 13.8. The number of hydrogen-bond donors (Lipinski definition) is 2. The van der Waals surface area contributed by atoms with E-state index in [4.69, 9.17) is 27.9 Å². The molecule has 2 rings (SSSR count). The van der Waals surface area contributed by atoms with Gasteiger partial charge >= 0.3 is 0 Å². The molecule has 0 saturated carbocycles. The molecule has 0 unspecified atom stereocenters. The van der Waals surface area contributed by atoms with Crippen molar-refractivity contribution < 1.29 is 9.84 Å². The first kappa shape index (κ1) is 13.8. The summed E-state index contributed by atoms with van der Waals surface area (Å²) in [7, 11) is 1.51. The smallest absolute Gasteiger partial charge is 0.160 e. The lowest BCUT2D eigenvalue weighted by Crippen LogP contribution is -2.00. The number of methoxy groups -OCH3 is 1. The molecular formula is C14H13Cl2NO2. The van der Waals surface area contributed by atoms with Gasteiger partial charge in [-0.1, -0.05) is 35.3 Å². The number of halogens is 2. The van der Waals surface area contributed by atoms with Gasteiger partial charge in [0.25, 0.3) is 0 Å². The van der Waals surface area contributed by atoms with E-state index in [9.17, 15) is 5.11 Å². The van der Waals surface area contributed by atoms with E-state index in [2.05, 4.69) is 5.32 Å². The third kappa shape index (κ3) is 3.25. The molecule has 0 atom stereocenters. The van der Waals surface area contributed by atoms with E-state index in [-0.39, 0.29) is 5.75 Å². The molecule has 5 heteroatoms. The molecule has 2 N–H and O–H groups in total. The van der Waals surface area contributed by atoms with Gasteiger partial charge in [0.05, 0.1) is 22.8 Å². The molecule has 0 aromatic heterocycles. The second-order valence-corrected chi connectivity index (χ2v) is 4.75. The highest BCUT2D eigenvalue weighted by atomic mass is 35.5. The Bertz CT molecular complexity index is 588. The van der Waals surface area contributed by atoms with Crippen molar-refractivity contribution in [2.24, 2.45) is 0 Å². The molecule has 2 aromatic carbocycles. The molecule has 0 amide bonds. The zero-order valence-corrected chi connectivity index (χ0v) is 11.8. The normalized spacial score (nSPS) is 10.3. The second kappa shape index (κ2) is 6.04. The molecule has 19 heavy (non-hydrogen) atoms. The lowest BCUT2D eigenvalue weighted by atomic mass is 10.2. The van der Waals surface area contributed by atoms with Gasteiger partial charge in [0.2, 0.25) is 0 Å². The first-order valence-electron chi connectivity index (χ1n) is 5.65. The molecule has 0 spiro atoms. The van der Waals surface area contributed by atoms with Gasteiger partial charge in [0.1, 0.15) is 0 Å². The average molecular weight is 298 g/mol. The Balaban J connectivity index is 2.12. The highest BCUT2D eigenvalue weighted by molar-refractivity contribution is 6.43. The van der Waals surface area contributed by atoms with E-state index in [1.54, 1.807) is 18.2 Å². The van der Waals surface area contributed by atoms with Crippen LogP contribution in [0.3, 0.4) is 0 Å². The molecule has 0 fully saturated rings. The maximum atomic E-state index is 9.52. The molecule has 3 nitrogen and oxygen atoms in total. The summed E-state index contributed by atoms with van der Waals surface area (Å²) in [6.45, 7) is 0.552. The summed E-state index contributed by atoms with van der Waals surface area (Å²) in [5.41, 5.74) is 1.73. The van der Waals surface area contributed by atoms with Gasteiger partial charge in [0, 0.05) is 6.54 Å². The Labute approximate surface area is 121 Å². The molecular weight excluding hydrogens is 285 g/mol. The zero-order valence-electron chi connectivity index (χ0n) is 10.3. The standard InChI is InChI=1S/C14H13Cl2NO2/c1-19-13-7-9(5-6-12(13)18)8-17-11-4-2-3-10(15)14(11)16/h2-7,17-18H,8H2,1H3. The predicted molar refractivity (Wildman–Crippen MR) is 78.4 cm³/mol. The highest BCUT2D eigenvalue weighted by Crippen LogP contribution is 2.31. The van der Waals surface area contributed by atoms with E-state index in [0.29, 0.717) is 22.3 Å². The van der Waals surface area contributed by atoms with Crippen LogP contribution in [0.1, 0.15) is 5.56 Å². The van der Waals surface area contributed by atoms with Crippen LogP contribution in [0.5, 0.6) is 11.5 Å². The van der Waals surface area contributed by atoms with Crippen LogP contribution in [-0.2, 0) is 6.54 Å². The number of anilines is 1. The summed E-state index contributed by atoms with van der Waals surface area (Å²) in [4.78, 5) is 0. The highest BCUT2D eigenvalue weighted by Gasteiger charge is 2.05. The van der Waals surface area contributed by atoms with Gasteiger partial charge < -0.3 is 15.2 Å². The van der Waals surface area contributed by atoms with Gasteiger partial charge in [-0.2, -0.15) is 0 Å². The van der Waals surface area contributed by atoms with Crippen LogP contribution in [0.2, 0.25) is 10.0 Å². The second-order valence-electron chi connectivity index (χ2n) is 3.96. The van der Waals surface area contributed by atoms with Crippen molar-refractivity contribution in [2.75, 3.05) is 12.4 Å². The fraction of sp³-hybridized carbons (Fsp3) is 0.143. The molecule has 0 aliphatic rings. The number of rotatable bonds is 4. The molecule has 0 bridgehead atoms. The number of phenols is 1. The number of hydrogen-bond acceptors (Lipinski definition) is 3. The van der Waals surface area contributed by atoms with Crippen LogP contribution in [-0.4, -0.2) is 12.2 Å². The van der Waals surface area contributed by atoms with E-state index in [1.165, 1.54) is 7.11 Å². The first-order valence-corrected chi connectivity index (χ1v) is 6.41. The maximum Gasteiger partial charge on any atom is 0.160 e. The van der Waals surface area contributed by atoms with E-state index in [0.717, 1.165) is 11.3 Å². The topological polar surface area (TPSA) is 41.5 Å². The summed E-state index contributed by atoms with van der Waals surface area (Å²) in [5.74, 6) is 0.559. The van der Waals surface area contributed by atoms with Crippen LogP contribution in [0.15, 0.2) is 36.4 Å². The predicted octanol–water partition coefficient (Wildman–Crippen LogP) is 4.32. The minimum Gasteiger partial charge on any atom is -0.504 e. The van der Waals surface area contributed by atoms with Crippen molar-refractivity contribution in [2.45, 2.75) is 6.54 Å². The SMILES string of the molecule is COc1cc(CNc2cccc(Cl)c2Cl)ccc1O. The van der Waals surface area contributed by atoms with Crippen molar-refractivity contribution in [1.82, 2.24) is 0 Å². The van der Waals surface area contributed by atoms with Crippen LogP contribution in [0.25, 0.3) is 0 Å². The molecule has 100 valence electrons. The molecule has 0 heterocycles. The van der Waals surface area contributed by atoms with Crippen molar-refractivity contribution in [3.63, 3.8) is 0 Å². The summed E-state index contributed by atoms with van der Waals surface area (Å²) in [6.07, 6.45) is 0. The Morgan fingerprint density at radius 1 is 1.21 bits per heavy atom. The number of ether oxygens (including phenoxy) is 1. The molecule has 0 saturated heterocycles. The largest absolute Gasteiger partial charge is 0.504 e. The van der Waals surface area contributed by atoms with E-state index in [1.807, 2.05) is 18.2 Å². The van der Waals surface area contributed by atoms with Crippen LogP contribution < -0.4 is 10.1 Å². The number of nitrogens with one attached hydrogen (secondary N) is 1. The first-order chi connectivity index (χ1) is 9.11. The number of phenolic OH excluding ortho intramolecular Hbond substituents is 1. The Kier molecular flexibility index (Phi) is 4.40. The quantitative estimate of drug-likeness (QED) is 0.883. The van der Waals surface area contributed by atoms with Crippen LogP contribution in [0.4, 0.5) is 5.69 Å². The van der Waals surface area contributed by atoms with Crippen molar-refractivity contribution in [3.05, 3.63) is 52.0 Å². The van der Waals surface area contributed by atoms with Crippen LogP contribution >= 0.6 is 23.2 Å². The van der Waals surface area contributed by atoms with E-state index < -0.39 is 0 Å². The Morgan fingerprint density at radius 3 is 2.74 bits per heavy atom. The third-order valence-corrected chi connectivity index (χ3v) is 3.50. The minimum absolute atomic E-state index is 0.118. The Morgan fingerprint density at radius 2 is 2.00 bits per heavy atom. The summed E-state index contributed by atoms with van der Waals surface area (Å²) in [5, 5.41) is 13.7. The van der Waals surface area contributed by atoms with Gasteiger partial charge in [-0.25, -0.2) is 0 Å². The summed E-state index contributed by atoms with van der Waals surface area (Å²) >= 11 is 12.0. The van der Waals surface area contributed by atoms with Crippen molar-refractivity contribution in [1.29, 1.82) is 0 Å². The molecule has 0 aliphatic carbocycles. The fourth-order valence-corrected chi connectivity index (χ4v) is 2.04. The van der Waals surface area contributed by atoms with E-state index >= 15 is 0 Å². The summed E-state index contributed by atoms with van der Waals surface area (Å²) in [6, 6.07) is 10.6. The monoisotopic (exact) mass is 297 g/mol. The lowest BCUT2D eigenvalue weighted by Gasteiger charge is -2.11.